The van der Waals surface area contributed by atoms with Gasteiger partial charge in [0.05, 0.1) is 59.4 Å². The maximum atomic E-state index is 11.4. The summed E-state index contributed by atoms with van der Waals surface area (Å²) >= 11 is 0. The molecule has 0 aliphatic carbocycles. The smallest absolute Gasteiger partial charge is 0.305 e. The molecule has 0 aromatic heterocycles. The third-order valence-electron chi connectivity index (χ3n) is 3.95. The van der Waals surface area contributed by atoms with Crippen molar-refractivity contribution < 1.29 is 38.1 Å². The lowest BCUT2D eigenvalue weighted by atomic mass is 10.2. The zero-order chi connectivity index (χ0) is 21.2. The quantitative estimate of drug-likeness (QED) is 0.176. The molecule has 1 aliphatic heterocycles. The maximum Gasteiger partial charge on any atom is 0.305 e. The lowest BCUT2D eigenvalue weighted by Crippen LogP contribution is -2.33. The molecule has 166 valence electrons. The molecular weight excluding hydrogens is 382 g/mol. The van der Waals surface area contributed by atoms with Crippen LogP contribution in [0.1, 0.15) is 32.6 Å². The van der Waals surface area contributed by atoms with Gasteiger partial charge in [0.2, 0.25) is 0 Å². The molecule has 9 heteroatoms. The first-order chi connectivity index (χ1) is 14.1. The third-order valence-corrected chi connectivity index (χ3v) is 3.95. The minimum atomic E-state index is -0.306. The molecule has 0 fully saturated rings. The average Bonchev–Trinajstić information content (AvgIpc) is 3.03. The van der Waals surface area contributed by atoms with Gasteiger partial charge in [-0.1, -0.05) is 19.8 Å². The van der Waals surface area contributed by atoms with Gasteiger partial charge in [-0.05, 0) is 6.42 Å². The number of rotatable bonds is 19. The highest BCUT2D eigenvalue weighted by molar-refractivity contribution is 6.12. The second kappa shape index (κ2) is 17.1. The summed E-state index contributed by atoms with van der Waals surface area (Å²) in [4.78, 5) is 35.1. The lowest BCUT2D eigenvalue weighted by Gasteiger charge is -2.13. The van der Waals surface area contributed by atoms with Crippen LogP contribution in [0, 0.1) is 0 Å². The molecule has 1 heterocycles. The molecule has 0 spiro atoms. The van der Waals surface area contributed by atoms with Gasteiger partial charge in [-0.15, -0.1) is 0 Å². The molecule has 9 nitrogen and oxygen atoms in total. The molecule has 0 saturated heterocycles. The van der Waals surface area contributed by atoms with Crippen LogP contribution < -0.4 is 0 Å². The molecule has 0 atom stereocenters. The number of hydrogen-bond acceptors (Lipinski definition) is 8. The summed E-state index contributed by atoms with van der Waals surface area (Å²) in [6.07, 6.45) is 5.97. The first-order valence-electron chi connectivity index (χ1n) is 10.1. The summed E-state index contributed by atoms with van der Waals surface area (Å²) in [6.45, 7) is 5.78. The molecule has 2 amide bonds. The standard InChI is InChI=1S/C20H33NO8/c1-2-3-4-5-20(24)29-17-16-28-15-14-27-13-12-26-11-10-25-9-8-21-18(22)6-7-19(21)23/h6-7H,2-5,8-17H2,1H3. The summed E-state index contributed by atoms with van der Waals surface area (Å²) < 4.78 is 26.4. The normalized spacial score (nSPS) is 13.5. The van der Waals surface area contributed by atoms with E-state index in [2.05, 4.69) is 6.92 Å². The molecule has 1 rings (SSSR count). The van der Waals surface area contributed by atoms with Crippen LogP contribution >= 0.6 is 0 Å². The molecule has 0 saturated carbocycles. The topological polar surface area (TPSA) is 101 Å². The summed E-state index contributed by atoms with van der Waals surface area (Å²) in [5, 5.41) is 0. The average molecular weight is 415 g/mol. The van der Waals surface area contributed by atoms with Crippen LogP contribution in [-0.2, 0) is 38.1 Å². The minimum absolute atomic E-state index is 0.172. The predicted octanol–water partition coefficient (Wildman–Crippen LogP) is 1.10. The van der Waals surface area contributed by atoms with E-state index in [1.165, 1.54) is 12.2 Å². The maximum absolute atomic E-state index is 11.4. The Bertz CT molecular complexity index is 491. The fourth-order valence-corrected chi connectivity index (χ4v) is 2.38. The number of hydrogen-bond donors (Lipinski definition) is 0. The third kappa shape index (κ3) is 13.1. The van der Waals surface area contributed by atoms with E-state index in [0.717, 1.165) is 24.2 Å². The van der Waals surface area contributed by atoms with Gasteiger partial charge in [-0.25, -0.2) is 0 Å². The minimum Gasteiger partial charge on any atom is -0.463 e. The summed E-state index contributed by atoms with van der Waals surface area (Å²) in [7, 11) is 0. The summed E-state index contributed by atoms with van der Waals surface area (Å²) in [6, 6.07) is 0. The monoisotopic (exact) mass is 415 g/mol. The predicted molar refractivity (Wildman–Crippen MR) is 104 cm³/mol. The Kier molecular flexibility index (Phi) is 14.9. The van der Waals surface area contributed by atoms with Gasteiger partial charge >= 0.3 is 5.97 Å². The number of nitrogens with zero attached hydrogens (tertiary/aromatic N) is 1. The molecule has 0 aromatic carbocycles. The Balaban J connectivity index is 1.74. The first-order valence-corrected chi connectivity index (χ1v) is 10.1. The van der Waals surface area contributed by atoms with Crippen molar-refractivity contribution in [3.63, 3.8) is 0 Å². The molecule has 0 N–H and O–H groups in total. The largest absolute Gasteiger partial charge is 0.463 e. The number of esters is 1. The van der Waals surface area contributed by atoms with Gasteiger partial charge in [-0.2, -0.15) is 0 Å². The highest BCUT2D eigenvalue weighted by Crippen LogP contribution is 2.02. The van der Waals surface area contributed by atoms with Crippen molar-refractivity contribution in [2.45, 2.75) is 32.6 Å². The Hall–Kier alpha value is -1.81. The fourth-order valence-electron chi connectivity index (χ4n) is 2.38. The van der Waals surface area contributed by atoms with E-state index in [4.69, 9.17) is 23.7 Å². The number of ether oxygens (including phenoxy) is 5. The zero-order valence-corrected chi connectivity index (χ0v) is 17.3. The van der Waals surface area contributed by atoms with Crippen molar-refractivity contribution in [2.75, 3.05) is 66.0 Å². The SMILES string of the molecule is CCCCCC(=O)OCCOCCOCCOCCOCCN1C(=O)C=CC1=O. The van der Waals surface area contributed by atoms with Gasteiger partial charge in [-0.3, -0.25) is 19.3 Å². The van der Waals surface area contributed by atoms with Crippen LogP contribution in [0.15, 0.2) is 12.2 Å². The van der Waals surface area contributed by atoms with Gasteiger partial charge in [0.15, 0.2) is 0 Å². The lowest BCUT2D eigenvalue weighted by molar-refractivity contribution is -0.145. The van der Waals surface area contributed by atoms with E-state index in [9.17, 15) is 14.4 Å². The Morgan fingerprint density at radius 2 is 1.24 bits per heavy atom. The molecule has 29 heavy (non-hydrogen) atoms. The van der Waals surface area contributed by atoms with Gasteiger partial charge in [0, 0.05) is 18.6 Å². The van der Waals surface area contributed by atoms with Crippen LogP contribution in [0.2, 0.25) is 0 Å². The van der Waals surface area contributed by atoms with E-state index < -0.39 is 0 Å². The number of amides is 2. The van der Waals surface area contributed by atoms with Crippen molar-refractivity contribution in [3.8, 4) is 0 Å². The van der Waals surface area contributed by atoms with Crippen LogP contribution in [0.25, 0.3) is 0 Å². The highest BCUT2D eigenvalue weighted by Gasteiger charge is 2.22. The molecule has 0 unspecified atom stereocenters. The van der Waals surface area contributed by atoms with E-state index in [1.807, 2.05) is 0 Å². The van der Waals surface area contributed by atoms with Gasteiger partial charge < -0.3 is 23.7 Å². The van der Waals surface area contributed by atoms with Crippen molar-refractivity contribution in [1.29, 1.82) is 0 Å². The van der Waals surface area contributed by atoms with Crippen molar-refractivity contribution in [2.24, 2.45) is 0 Å². The fraction of sp³-hybridized carbons (Fsp3) is 0.750. The van der Waals surface area contributed by atoms with Crippen molar-refractivity contribution in [1.82, 2.24) is 4.90 Å². The Labute approximate surface area is 172 Å². The Morgan fingerprint density at radius 1 is 0.759 bits per heavy atom. The zero-order valence-electron chi connectivity index (χ0n) is 17.3. The number of carbonyl (C=O) groups excluding carboxylic acids is 3. The van der Waals surface area contributed by atoms with Crippen molar-refractivity contribution in [3.05, 3.63) is 12.2 Å². The number of imide groups is 1. The summed E-state index contributed by atoms with van der Waals surface area (Å²) in [5.74, 6) is -0.784. The molecular formula is C20H33NO8. The molecule has 0 radical (unpaired) electrons. The van der Waals surface area contributed by atoms with Gasteiger partial charge in [0.25, 0.3) is 11.8 Å². The second-order valence-electron chi connectivity index (χ2n) is 6.29. The van der Waals surface area contributed by atoms with E-state index >= 15 is 0 Å². The van der Waals surface area contributed by atoms with Crippen LogP contribution in [0.3, 0.4) is 0 Å². The second-order valence-corrected chi connectivity index (χ2v) is 6.29. The molecule has 1 aliphatic rings. The van der Waals surface area contributed by atoms with E-state index in [1.54, 1.807) is 0 Å². The highest BCUT2D eigenvalue weighted by atomic mass is 16.6. The first kappa shape index (κ1) is 25.2. The molecule has 0 aromatic rings. The van der Waals surface area contributed by atoms with E-state index in [-0.39, 0.29) is 37.5 Å². The summed E-state index contributed by atoms with van der Waals surface area (Å²) in [5.41, 5.74) is 0. The molecule has 0 bridgehead atoms. The van der Waals surface area contributed by atoms with Crippen LogP contribution in [0.4, 0.5) is 0 Å². The van der Waals surface area contributed by atoms with E-state index in [0.29, 0.717) is 52.7 Å². The van der Waals surface area contributed by atoms with Gasteiger partial charge in [0.1, 0.15) is 6.61 Å². The number of unbranched alkanes of at least 4 members (excludes halogenated alkanes) is 2. The Morgan fingerprint density at radius 3 is 1.76 bits per heavy atom. The number of carbonyl (C=O) groups is 3. The van der Waals surface area contributed by atoms with Crippen LogP contribution in [-0.4, -0.2) is 88.7 Å². The van der Waals surface area contributed by atoms with Crippen molar-refractivity contribution >= 4 is 17.8 Å². The van der Waals surface area contributed by atoms with Crippen LogP contribution in [0.5, 0.6) is 0 Å².